The van der Waals surface area contributed by atoms with E-state index in [0.717, 1.165) is 21.3 Å². The summed E-state index contributed by atoms with van der Waals surface area (Å²) in [5, 5.41) is 2.67. The minimum atomic E-state index is -4.40. The van der Waals surface area contributed by atoms with E-state index in [1.807, 2.05) is 19.1 Å². The van der Waals surface area contributed by atoms with Gasteiger partial charge in [-0.05, 0) is 71.0 Å². The molecule has 0 heterocycles. The molecule has 2 nitrogen and oxygen atoms in total. The number of carbonyl (C=O) groups excluding carboxylic acids is 1. The number of hydrogen-bond donors (Lipinski definition) is 1. The van der Waals surface area contributed by atoms with E-state index in [1.54, 1.807) is 6.07 Å². The Morgan fingerprint density at radius 3 is 2.57 bits per heavy atom. The molecule has 120 valence electrons. The van der Waals surface area contributed by atoms with Crippen LogP contribution in [0.3, 0.4) is 0 Å². The maximum Gasteiger partial charge on any atom is 0.416 e. The van der Waals surface area contributed by atoms with Gasteiger partial charge in [0.2, 0.25) is 5.91 Å². The number of hydrogen-bond acceptors (Lipinski definition) is 1. The molecule has 0 unspecified atom stereocenters. The Kier molecular flexibility index (Phi) is 5.46. The molecule has 6 heteroatoms. The molecule has 0 aromatic heterocycles. The zero-order valence-electron chi connectivity index (χ0n) is 12.1. The summed E-state index contributed by atoms with van der Waals surface area (Å²) in [7, 11) is 0. The first-order valence-electron chi connectivity index (χ1n) is 6.68. The highest BCUT2D eigenvalue weighted by molar-refractivity contribution is 14.1. The van der Waals surface area contributed by atoms with Gasteiger partial charge in [0, 0.05) is 15.3 Å². The molecular formula is C17H13F3INO. The molecular weight excluding hydrogens is 418 g/mol. The number of anilines is 1. The van der Waals surface area contributed by atoms with Gasteiger partial charge in [-0.1, -0.05) is 18.2 Å². The second-order valence-electron chi connectivity index (χ2n) is 4.91. The fraction of sp³-hybridized carbons (Fsp3) is 0.118. The summed E-state index contributed by atoms with van der Waals surface area (Å²) in [6, 6.07) is 10.3. The topological polar surface area (TPSA) is 29.1 Å². The lowest BCUT2D eigenvalue weighted by Crippen LogP contribution is -2.08. The van der Waals surface area contributed by atoms with E-state index in [9.17, 15) is 18.0 Å². The number of amides is 1. The number of alkyl halides is 3. The summed E-state index contributed by atoms with van der Waals surface area (Å²) < 4.78 is 38.9. The van der Waals surface area contributed by atoms with E-state index in [2.05, 4.69) is 27.9 Å². The van der Waals surface area contributed by atoms with Crippen LogP contribution >= 0.6 is 22.6 Å². The monoisotopic (exact) mass is 431 g/mol. The maximum atomic E-state index is 12.6. The summed E-state index contributed by atoms with van der Waals surface area (Å²) in [5.41, 5.74) is 1.31. The van der Waals surface area contributed by atoms with Gasteiger partial charge >= 0.3 is 6.18 Å². The number of halogens is 4. The van der Waals surface area contributed by atoms with Crippen molar-refractivity contribution in [2.24, 2.45) is 0 Å². The Bertz CT molecular complexity index is 754. The third kappa shape index (κ3) is 5.09. The fourth-order valence-corrected chi connectivity index (χ4v) is 2.36. The molecule has 0 radical (unpaired) electrons. The van der Waals surface area contributed by atoms with Gasteiger partial charge in [-0.2, -0.15) is 13.2 Å². The lowest BCUT2D eigenvalue weighted by atomic mass is 10.1. The van der Waals surface area contributed by atoms with Crippen LogP contribution in [-0.2, 0) is 11.0 Å². The van der Waals surface area contributed by atoms with E-state index >= 15 is 0 Å². The smallest absolute Gasteiger partial charge is 0.322 e. The summed E-state index contributed by atoms with van der Waals surface area (Å²) in [5.74, 6) is -0.401. The predicted octanol–water partition coefficient (Wildman–Crippen LogP) is 5.27. The van der Waals surface area contributed by atoms with Gasteiger partial charge in [0.25, 0.3) is 0 Å². The first-order chi connectivity index (χ1) is 10.8. The summed E-state index contributed by atoms with van der Waals surface area (Å²) in [6.45, 7) is 1.96. The largest absolute Gasteiger partial charge is 0.416 e. The molecule has 0 saturated heterocycles. The Morgan fingerprint density at radius 2 is 1.91 bits per heavy atom. The Hall–Kier alpha value is -1.83. The van der Waals surface area contributed by atoms with Crippen LogP contribution in [0.4, 0.5) is 18.9 Å². The van der Waals surface area contributed by atoms with E-state index in [1.165, 1.54) is 24.3 Å². The van der Waals surface area contributed by atoms with Crippen molar-refractivity contribution in [3.05, 3.63) is 68.8 Å². The first kappa shape index (κ1) is 17.5. The Morgan fingerprint density at radius 1 is 1.17 bits per heavy atom. The number of nitrogens with one attached hydrogen (secondary N) is 1. The zero-order valence-corrected chi connectivity index (χ0v) is 14.3. The van der Waals surface area contributed by atoms with Crippen LogP contribution < -0.4 is 5.32 Å². The van der Waals surface area contributed by atoms with Gasteiger partial charge in [0.15, 0.2) is 0 Å². The van der Waals surface area contributed by atoms with Crippen LogP contribution in [0, 0.1) is 10.5 Å². The summed E-state index contributed by atoms with van der Waals surface area (Å²) in [4.78, 5) is 11.8. The van der Waals surface area contributed by atoms with Crippen molar-refractivity contribution < 1.29 is 18.0 Å². The fourth-order valence-electron chi connectivity index (χ4n) is 1.85. The molecule has 2 aromatic carbocycles. The molecule has 2 aromatic rings. The van der Waals surface area contributed by atoms with E-state index in [4.69, 9.17) is 0 Å². The lowest BCUT2D eigenvalue weighted by Gasteiger charge is -2.07. The first-order valence-corrected chi connectivity index (χ1v) is 7.76. The average Bonchev–Trinajstić information content (AvgIpc) is 2.48. The van der Waals surface area contributed by atoms with Crippen molar-refractivity contribution in [3.8, 4) is 0 Å². The third-order valence-corrected chi connectivity index (χ3v) is 4.24. The highest BCUT2D eigenvalue weighted by atomic mass is 127. The number of carbonyl (C=O) groups is 1. The zero-order chi connectivity index (χ0) is 17.0. The van der Waals surface area contributed by atoms with E-state index in [0.29, 0.717) is 11.3 Å². The average molecular weight is 431 g/mol. The van der Waals surface area contributed by atoms with Crippen LogP contribution in [0.15, 0.2) is 48.5 Å². The van der Waals surface area contributed by atoms with E-state index in [-0.39, 0.29) is 0 Å². The van der Waals surface area contributed by atoms with Gasteiger partial charge in [0.1, 0.15) is 0 Å². The number of rotatable bonds is 3. The van der Waals surface area contributed by atoms with E-state index < -0.39 is 17.6 Å². The molecule has 0 saturated carbocycles. The molecule has 1 amide bonds. The summed E-state index contributed by atoms with van der Waals surface area (Å²) in [6.07, 6.45) is -1.84. The van der Waals surface area contributed by atoms with Gasteiger partial charge in [-0.25, -0.2) is 0 Å². The normalized spacial score (nSPS) is 11.7. The lowest BCUT2D eigenvalue weighted by molar-refractivity contribution is -0.137. The highest BCUT2D eigenvalue weighted by Gasteiger charge is 2.30. The minimum Gasteiger partial charge on any atom is -0.322 e. The van der Waals surface area contributed by atoms with Crippen molar-refractivity contribution in [3.63, 3.8) is 0 Å². The SMILES string of the molecule is Cc1ccc(NC(=O)C=Cc2cccc(C(F)(F)F)c2)cc1I. The molecule has 0 aliphatic heterocycles. The van der Waals surface area contributed by atoms with Crippen LogP contribution in [0.2, 0.25) is 0 Å². The summed E-state index contributed by atoms with van der Waals surface area (Å²) >= 11 is 2.16. The van der Waals surface area contributed by atoms with Gasteiger partial charge < -0.3 is 5.32 Å². The van der Waals surface area contributed by atoms with Crippen LogP contribution in [0.25, 0.3) is 6.08 Å². The Labute approximate surface area is 145 Å². The maximum absolute atomic E-state index is 12.6. The van der Waals surface area contributed by atoms with Crippen molar-refractivity contribution >= 4 is 40.3 Å². The van der Waals surface area contributed by atoms with Gasteiger partial charge in [0.05, 0.1) is 5.56 Å². The van der Waals surface area contributed by atoms with Crippen molar-refractivity contribution in [1.29, 1.82) is 0 Å². The molecule has 0 aliphatic carbocycles. The van der Waals surface area contributed by atoms with Gasteiger partial charge in [-0.3, -0.25) is 4.79 Å². The Balaban J connectivity index is 2.08. The number of aryl methyl sites for hydroxylation is 1. The second-order valence-corrected chi connectivity index (χ2v) is 6.07. The molecule has 23 heavy (non-hydrogen) atoms. The molecule has 0 fully saturated rings. The molecule has 0 aliphatic rings. The molecule has 1 N–H and O–H groups in total. The molecule has 0 bridgehead atoms. The molecule has 2 rings (SSSR count). The minimum absolute atomic E-state index is 0.313. The standard InChI is InChI=1S/C17H13F3INO/c1-11-5-7-14(10-15(11)21)22-16(23)8-6-12-3-2-4-13(9-12)17(18,19)20/h2-10H,1H3,(H,22,23). The van der Waals surface area contributed by atoms with Crippen LogP contribution in [-0.4, -0.2) is 5.91 Å². The van der Waals surface area contributed by atoms with Crippen LogP contribution in [0.1, 0.15) is 16.7 Å². The quantitative estimate of drug-likeness (QED) is 0.521. The molecule has 0 spiro atoms. The highest BCUT2D eigenvalue weighted by Crippen LogP contribution is 2.29. The third-order valence-electron chi connectivity index (χ3n) is 3.08. The van der Waals surface area contributed by atoms with Crippen molar-refractivity contribution in [2.75, 3.05) is 5.32 Å². The van der Waals surface area contributed by atoms with Gasteiger partial charge in [-0.15, -0.1) is 0 Å². The number of benzene rings is 2. The van der Waals surface area contributed by atoms with Crippen LogP contribution in [0.5, 0.6) is 0 Å². The second kappa shape index (κ2) is 7.16. The van der Waals surface area contributed by atoms with Crippen molar-refractivity contribution in [2.45, 2.75) is 13.1 Å². The molecule has 0 atom stereocenters. The predicted molar refractivity (Wildman–Crippen MR) is 93.0 cm³/mol. The van der Waals surface area contributed by atoms with Crippen molar-refractivity contribution in [1.82, 2.24) is 0 Å².